The number of hydrogen-bond acceptors (Lipinski definition) is 16. The summed E-state index contributed by atoms with van der Waals surface area (Å²) >= 11 is 0. The summed E-state index contributed by atoms with van der Waals surface area (Å²) in [5.41, 5.74) is 0. The van der Waals surface area contributed by atoms with Crippen LogP contribution >= 0.6 is 0 Å². The molecule has 29 heteroatoms. The quantitative estimate of drug-likeness (QED) is 0.0812. The average molecular weight is 1420 g/mol. The van der Waals surface area contributed by atoms with E-state index in [0.29, 0.717) is 19.3 Å². The summed E-state index contributed by atoms with van der Waals surface area (Å²) in [4.78, 5) is 207. The van der Waals surface area contributed by atoms with Crippen LogP contribution < -0.4 is 37.2 Å². The summed E-state index contributed by atoms with van der Waals surface area (Å²) in [5.74, 6) is -12.3. The Bertz CT molecular complexity index is 2760. The first-order valence-electron chi connectivity index (χ1n) is 35.8. The number of carbonyl (C=O) groups excluding carboxylic acids is 14. The highest BCUT2D eigenvalue weighted by Crippen LogP contribution is 2.24. The van der Waals surface area contributed by atoms with E-state index in [4.69, 9.17) is 9.47 Å². The van der Waals surface area contributed by atoms with Gasteiger partial charge in [-0.3, -0.25) is 62.3 Å². The van der Waals surface area contributed by atoms with E-state index < -0.39 is 185 Å². The van der Waals surface area contributed by atoms with Gasteiger partial charge in [0.2, 0.25) is 76.8 Å². The smallest absolute Gasteiger partial charge is 0.329 e. The van der Waals surface area contributed by atoms with Crippen LogP contribution in [0.25, 0.3) is 0 Å². The van der Waals surface area contributed by atoms with Crippen molar-refractivity contribution in [3.63, 3.8) is 0 Å². The van der Waals surface area contributed by atoms with E-state index in [2.05, 4.69) is 37.2 Å². The van der Waals surface area contributed by atoms with Crippen molar-refractivity contribution in [3.05, 3.63) is 0 Å². The van der Waals surface area contributed by atoms with Crippen LogP contribution in [0.3, 0.4) is 0 Å². The molecule has 14 atom stereocenters. The summed E-state index contributed by atoms with van der Waals surface area (Å²) in [6.45, 7) is 30.5. The highest BCUT2D eigenvalue weighted by Gasteiger charge is 2.44. The molecule has 13 amide bonds. The molecule has 0 aromatic heterocycles. The van der Waals surface area contributed by atoms with Gasteiger partial charge in [0.1, 0.15) is 73.1 Å². The molecule has 0 radical (unpaired) electrons. The summed E-state index contributed by atoms with van der Waals surface area (Å²) in [5, 5.41) is 19.3. The van der Waals surface area contributed by atoms with E-state index in [1.807, 2.05) is 55.4 Å². The molecule has 1 heterocycles. The van der Waals surface area contributed by atoms with Crippen molar-refractivity contribution in [2.45, 2.75) is 249 Å². The fourth-order valence-corrected chi connectivity index (χ4v) is 12.0. The number of carbonyl (C=O) groups is 14. The fraction of sp³-hybridized carbons (Fsp3) is 0.803. The number of esters is 1. The lowest BCUT2D eigenvalue weighted by Gasteiger charge is -2.37. The van der Waals surface area contributed by atoms with Gasteiger partial charge in [0.05, 0.1) is 0 Å². The van der Waals surface area contributed by atoms with Crippen LogP contribution in [0.4, 0.5) is 0 Å². The zero-order valence-corrected chi connectivity index (χ0v) is 64.9. The van der Waals surface area contributed by atoms with Gasteiger partial charge in [0.15, 0.2) is 0 Å². The summed E-state index contributed by atoms with van der Waals surface area (Å²) in [6, 6.07) is -12.2. The molecule has 100 heavy (non-hydrogen) atoms. The van der Waals surface area contributed by atoms with Gasteiger partial charge in [-0.1, -0.05) is 130 Å². The number of nitrogens with one attached hydrogen (secondary N) is 7. The van der Waals surface area contributed by atoms with Gasteiger partial charge in [-0.25, -0.2) is 4.79 Å². The normalized spacial score (nSPS) is 24.8. The van der Waals surface area contributed by atoms with Crippen molar-refractivity contribution in [2.24, 2.45) is 47.3 Å². The van der Waals surface area contributed by atoms with Gasteiger partial charge in [-0.2, -0.15) is 0 Å². The van der Waals surface area contributed by atoms with Crippen LogP contribution in [0.2, 0.25) is 0 Å². The summed E-state index contributed by atoms with van der Waals surface area (Å²) in [7, 11) is 9.79. The third kappa shape index (κ3) is 27.5. The maximum Gasteiger partial charge on any atom is 0.329 e. The second-order valence-electron chi connectivity index (χ2n) is 29.3. The number of cyclic esters (lactones) is 1. The molecule has 0 aromatic carbocycles. The van der Waals surface area contributed by atoms with Crippen molar-refractivity contribution in [1.29, 1.82) is 0 Å². The topological polar surface area (TPSA) is 361 Å². The van der Waals surface area contributed by atoms with Crippen LogP contribution in [0, 0.1) is 47.3 Å². The van der Waals surface area contributed by atoms with Gasteiger partial charge in [0.25, 0.3) is 0 Å². The number of likely N-dealkylation sites (N-methyl/N-ethyl adjacent to an activating group) is 6. The molecule has 1 rings (SSSR count). The highest BCUT2D eigenvalue weighted by atomic mass is 16.5. The number of ether oxygens (including phenoxy) is 2. The maximum absolute atomic E-state index is 15.1. The van der Waals surface area contributed by atoms with Gasteiger partial charge < -0.3 is 76.1 Å². The Morgan fingerprint density at radius 1 is 0.570 bits per heavy atom. The summed E-state index contributed by atoms with van der Waals surface area (Å²) in [6.07, 6.45) is -0.949. The SMILES string of the molecule is CCC(C)[C@H]1C(=O)NCCC(=O)N[C@H](C(C)CC)C(=O)N(C)[C@@H](C(C)C)C(=O)N(C)[C@@H](C)C(=O)NCCC(=O)N[C@H](CC(C)C)C(=O)N(C)[C@H](C(C)CC)C(=O)O[C@H](C)[C@H](NC(=O)[C@H](CC(C)C)N(C)C(=O)[C@@H](NC(=O)COC)C(C)C)C(=O)N(C)CCC(=O)N[C@H](CC(C)C)C(=O)N1C. The predicted octanol–water partition coefficient (Wildman–Crippen LogP) is 2.61. The number of amides is 13. The molecule has 3 unspecified atom stereocenters. The van der Waals surface area contributed by atoms with Crippen LogP contribution in [-0.2, 0) is 76.6 Å². The van der Waals surface area contributed by atoms with E-state index in [0.717, 1.165) is 4.90 Å². The first-order chi connectivity index (χ1) is 46.5. The van der Waals surface area contributed by atoms with Crippen molar-refractivity contribution in [3.8, 4) is 0 Å². The lowest BCUT2D eigenvalue weighted by Crippen LogP contribution is -2.61. The standard InChI is InChI=1S/C71H127N13O16/c1-26-44(14)57-69(96)82(22)59(43(12)13)70(97)80(20)47(17)62(89)72-32-29-52(85)74-50(36-40(6)7)66(93)84(24)61(46(16)28-3)71(98)100-48(18)58(78-63(90)51(37-41(8)9)81(21)68(95)56(42(10)11)77-55(88)38-99-25)67(94)79(19)34-31-54(87)75-49(35-39(4)5)65(92)83(23)60(45(15)27-2)64(91)73-33-30-53(86)76-57/h39-51,56-61H,26-38H2,1-25H3,(H,72,89)(H,73,91)(H,74,85)(H,75,87)(H,76,86)(H,77,88)(H,78,90)/t44?,45?,46?,47-,48+,49+,50+,51-,56-,57+,58-,59-,60-,61+/m0/s1. The van der Waals surface area contributed by atoms with Crippen LogP contribution in [0.15, 0.2) is 0 Å². The Hall–Kier alpha value is -7.46. The van der Waals surface area contributed by atoms with E-state index in [1.54, 1.807) is 55.4 Å². The van der Waals surface area contributed by atoms with Crippen LogP contribution in [0.1, 0.15) is 182 Å². The minimum Gasteiger partial charge on any atom is -0.458 e. The zero-order chi connectivity index (χ0) is 77.1. The monoisotopic (exact) mass is 1420 g/mol. The number of methoxy groups -OCH3 is 1. The largest absolute Gasteiger partial charge is 0.458 e. The second kappa shape index (κ2) is 43.4. The molecule has 29 nitrogen and oxygen atoms in total. The Morgan fingerprint density at radius 3 is 1.49 bits per heavy atom. The highest BCUT2D eigenvalue weighted by molar-refractivity contribution is 5.98. The fourth-order valence-electron chi connectivity index (χ4n) is 12.0. The first kappa shape index (κ1) is 90.6. The lowest BCUT2D eigenvalue weighted by atomic mass is 9.94. The van der Waals surface area contributed by atoms with E-state index in [1.165, 1.54) is 87.7 Å². The molecule has 0 bridgehead atoms. The third-order valence-electron chi connectivity index (χ3n) is 18.9. The number of hydrogen-bond donors (Lipinski definition) is 7. The summed E-state index contributed by atoms with van der Waals surface area (Å²) < 4.78 is 11.1. The van der Waals surface area contributed by atoms with Crippen LogP contribution in [0.5, 0.6) is 0 Å². The van der Waals surface area contributed by atoms with Crippen molar-refractivity contribution in [1.82, 2.24) is 66.6 Å². The Labute approximate surface area is 595 Å². The number of rotatable bonds is 21. The van der Waals surface area contributed by atoms with E-state index in [-0.39, 0.29) is 76.1 Å². The predicted molar refractivity (Wildman–Crippen MR) is 379 cm³/mol. The molecule has 0 aromatic rings. The Morgan fingerprint density at radius 2 is 1.03 bits per heavy atom. The van der Waals surface area contributed by atoms with Gasteiger partial charge >= 0.3 is 5.97 Å². The molecule has 0 saturated carbocycles. The molecule has 1 aliphatic heterocycles. The molecular weight excluding hydrogens is 1290 g/mol. The Kier molecular flexibility index (Phi) is 39.3. The first-order valence-corrected chi connectivity index (χ1v) is 35.8. The van der Waals surface area contributed by atoms with Crippen LogP contribution in [-0.4, -0.2) is 254 Å². The molecule has 0 spiro atoms. The van der Waals surface area contributed by atoms with Crippen molar-refractivity contribution in [2.75, 3.05) is 75.6 Å². The second-order valence-corrected chi connectivity index (χ2v) is 29.3. The Balaban J connectivity index is 4.23. The minimum absolute atomic E-state index is 0.0632. The van der Waals surface area contributed by atoms with E-state index >= 15 is 4.79 Å². The zero-order valence-electron chi connectivity index (χ0n) is 64.9. The minimum atomic E-state index is -1.71. The molecule has 7 N–H and O–H groups in total. The van der Waals surface area contributed by atoms with Crippen molar-refractivity contribution >= 4 is 82.8 Å². The van der Waals surface area contributed by atoms with Gasteiger partial charge in [-0.15, -0.1) is 0 Å². The van der Waals surface area contributed by atoms with Crippen molar-refractivity contribution < 1.29 is 76.6 Å². The molecule has 0 aliphatic carbocycles. The molecular formula is C71H127N13O16. The van der Waals surface area contributed by atoms with Gasteiger partial charge in [0, 0.05) is 88.3 Å². The molecule has 1 fully saturated rings. The molecule has 1 aliphatic rings. The average Bonchev–Trinajstić information content (AvgIpc) is 0.830. The lowest BCUT2D eigenvalue weighted by molar-refractivity contribution is -0.164. The van der Waals surface area contributed by atoms with Gasteiger partial charge in [-0.05, 0) is 80.5 Å². The van der Waals surface area contributed by atoms with E-state index in [9.17, 15) is 62.3 Å². The third-order valence-corrected chi connectivity index (χ3v) is 18.9. The molecule has 1 saturated heterocycles. The number of nitrogens with zero attached hydrogens (tertiary/aromatic N) is 6. The molecule has 572 valence electrons. The maximum atomic E-state index is 15.1.